The first kappa shape index (κ1) is 27.8. The molecule has 0 bridgehead atoms. The number of hydrogen-bond donors (Lipinski definition) is 1. The predicted octanol–water partition coefficient (Wildman–Crippen LogP) is 2.65. The molecule has 5 rings (SSSR count). The number of methoxy groups -OCH3 is 1. The number of anilines is 1. The number of benzene rings is 2. The summed E-state index contributed by atoms with van der Waals surface area (Å²) in [6.07, 6.45) is -0.317. The highest BCUT2D eigenvalue weighted by Gasteiger charge is 2.32. The quantitative estimate of drug-likeness (QED) is 0.439. The third-order valence-electron chi connectivity index (χ3n) is 7.08. The number of piperazine rings is 1. The van der Waals surface area contributed by atoms with E-state index in [1.165, 1.54) is 16.4 Å². The molecule has 2 aliphatic rings. The fourth-order valence-electron chi connectivity index (χ4n) is 5.00. The van der Waals surface area contributed by atoms with E-state index in [0.29, 0.717) is 25.2 Å². The van der Waals surface area contributed by atoms with Crippen LogP contribution in [0, 0.1) is 0 Å². The Balaban J connectivity index is 1.08. The van der Waals surface area contributed by atoms with Crippen LogP contribution < -0.4 is 15.0 Å². The zero-order chi connectivity index (χ0) is 27.6. The summed E-state index contributed by atoms with van der Waals surface area (Å²) < 4.78 is 39.6. The van der Waals surface area contributed by atoms with Gasteiger partial charge in [-0.25, -0.2) is 13.4 Å². The molecule has 0 spiro atoms. The number of hydrogen-bond acceptors (Lipinski definition) is 9. The van der Waals surface area contributed by atoms with Crippen molar-refractivity contribution in [2.75, 3.05) is 64.4 Å². The lowest BCUT2D eigenvalue weighted by Crippen LogP contribution is -2.48. The van der Waals surface area contributed by atoms with Crippen LogP contribution >= 0.6 is 11.3 Å². The predicted molar refractivity (Wildman–Crippen MR) is 152 cm³/mol. The molecule has 2 saturated heterocycles. The molecule has 0 radical (unpaired) electrons. The molecule has 1 aromatic heterocycles. The minimum atomic E-state index is -3.64. The number of fused-ring (bicyclic) bond motifs is 1. The van der Waals surface area contributed by atoms with Crippen molar-refractivity contribution in [2.45, 2.75) is 31.0 Å². The molecular weight excluding hydrogens is 538 g/mol. The lowest BCUT2D eigenvalue weighted by molar-refractivity contribution is -0.0440. The molecule has 2 unspecified atom stereocenters. The molecule has 2 atom stereocenters. The Labute approximate surface area is 233 Å². The van der Waals surface area contributed by atoms with Gasteiger partial charge in [0, 0.05) is 57.9 Å². The number of aromatic nitrogens is 1. The van der Waals surface area contributed by atoms with Crippen LogP contribution in [0.15, 0.2) is 47.4 Å². The molecule has 0 aliphatic carbocycles. The summed E-state index contributed by atoms with van der Waals surface area (Å²) in [6.45, 7) is 9.17. The second-order valence-electron chi connectivity index (χ2n) is 10.0. The minimum absolute atomic E-state index is 0.159. The van der Waals surface area contributed by atoms with E-state index in [0.717, 1.165) is 53.8 Å². The van der Waals surface area contributed by atoms with Crippen molar-refractivity contribution in [1.82, 2.24) is 19.5 Å². The fraction of sp³-hybridized carbons (Fsp3) is 0.481. The van der Waals surface area contributed by atoms with E-state index in [1.54, 1.807) is 30.6 Å². The first-order valence-electron chi connectivity index (χ1n) is 13.2. The van der Waals surface area contributed by atoms with Gasteiger partial charge in [0.2, 0.25) is 10.0 Å². The van der Waals surface area contributed by atoms with E-state index in [2.05, 4.69) is 15.1 Å². The first-order chi connectivity index (χ1) is 18.7. The maximum absolute atomic E-state index is 13.0. The Kier molecular flexibility index (Phi) is 8.38. The fourth-order valence-corrected chi connectivity index (χ4v) is 7.64. The second kappa shape index (κ2) is 11.8. The van der Waals surface area contributed by atoms with Crippen LogP contribution in [0.4, 0.5) is 5.13 Å². The summed E-state index contributed by atoms with van der Waals surface area (Å²) >= 11 is 1.68. The smallest absolute Gasteiger partial charge is 0.251 e. The normalized spacial score (nSPS) is 21.3. The first-order valence-corrected chi connectivity index (χ1v) is 15.4. The number of nitrogens with one attached hydrogen (secondary N) is 1. The molecule has 10 nitrogen and oxygen atoms in total. The van der Waals surface area contributed by atoms with Gasteiger partial charge in [-0.1, -0.05) is 11.3 Å². The molecule has 3 heterocycles. The van der Waals surface area contributed by atoms with E-state index < -0.39 is 10.0 Å². The topological polar surface area (TPSA) is 104 Å². The third kappa shape index (κ3) is 6.36. The molecule has 2 aromatic carbocycles. The van der Waals surface area contributed by atoms with Gasteiger partial charge in [-0.15, -0.1) is 0 Å². The Bertz CT molecular complexity index is 1390. The van der Waals surface area contributed by atoms with Gasteiger partial charge in [0.15, 0.2) is 5.13 Å². The Morgan fingerprint density at radius 3 is 2.44 bits per heavy atom. The van der Waals surface area contributed by atoms with Crippen LogP contribution in [-0.4, -0.2) is 100 Å². The number of ether oxygens (including phenoxy) is 2. The van der Waals surface area contributed by atoms with Gasteiger partial charge in [0.25, 0.3) is 5.91 Å². The number of thiazole rings is 1. The molecule has 1 N–H and O–H groups in total. The van der Waals surface area contributed by atoms with Gasteiger partial charge in [-0.2, -0.15) is 4.31 Å². The standard InChI is InChI=1S/C27H35N5O5S2/c1-19-17-32(18-20(2)37-19)39(34,35)23-7-4-21(5-8-23)26(33)28-10-11-30-12-14-31(15-13-30)27-29-24-9-6-22(36-3)16-25(24)38-27/h4-9,16,19-20H,10-15,17-18H2,1-3H3,(H,28,33). The molecule has 2 aliphatic heterocycles. The van der Waals surface area contributed by atoms with Crippen LogP contribution in [0.5, 0.6) is 5.75 Å². The summed E-state index contributed by atoms with van der Waals surface area (Å²) in [5.74, 6) is 0.624. The summed E-state index contributed by atoms with van der Waals surface area (Å²) in [5.41, 5.74) is 1.42. The van der Waals surface area contributed by atoms with E-state index in [1.807, 2.05) is 32.0 Å². The number of sulfonamides is 1. The number of carbonyl (C=O) groups is 1. The van der Waals surface area contributed by atoms with E-state index in [4.69, 9.17) is 14.5 Å². The number of morpholine rings is 1. The average molecular weight is 574 g/mol. The highest BCUT2D eigenvalue weighted by molar-refractivity contribution is 7.89. The van der Waals surface area contributed by atoms with E-state index in [9.17, 15) is 13.2 Å². The third-order valence-corrected chi connectivity index (χ3v) is 10.0. The SMILES string of the molecule is COc1ccc2nc(N3CCN(CCNC(=O)c4ccc(S(=O)(=O)N5CC(C)OC(C)C5)cc4)CC3)sc2c1. The van der Waals surface area contributed by atoms with E-state index in [-0.39, 0.29) is 23.0 Å². The maximum atomic E-state index is 13.0. The highest BCUT2D eigenvalue weighted by atomic mass is 32.2. The monoisotopic (exact) mass is 573 g/mol. The summed E-state index contributed by atoms with van der Waals surface area (Å²) in [4.78, 5) is 22.3. The van der Waals surface area contributed by atoms with Gasteiger partial charge in [-0.05, 0) is 56.3 Å². The summed E-state index contributed by atoms with van der Waals surface area (Å²) in [7, 11) is -1.97. The Hall–Kier alpha value is -2.77. The minimum Gasteiger partial charge on any atom is -0.497 e. The van der Waals surface area contributed by atoms with Crippen molar-refractivity contribution in [1.29, 1.82) is 0 Å². The lowest BCUT2D eigenvalue weighted by Gasteiger charge is -2.34. The largest absolute Gasteiger partial charge is 0.497 e. The van der Waals surface area contributed by atoms with Gasteiger partial charge in [0.1, 0.15) is 5.75 Å². The molecule has 2 fully saturated rings. The second-order valence-corrected chi connectivity index (χ2v) is 13.0. The number of nitrogens with zero attached hydrogens (tertiary/aromatic N) is 4. The van der Waals surface area contributed by atoms with Crippen LogP contribution in [0.2, 0.25) is 0 Å². The van der Waals surface area contributed by atoms with Crippen molar-refractivity contribution in [2.24, 2.45) is 0 Å². The van der Waals surface area contributed by atoms with Crippen LogP contribution in [0.1, 0.15) is 24.2 Å². The molecule has 39 heavy (non-hydrogen) atoms. The molecule has 0 saturated carbocycles. The van der Waals surface area contributed by atoms with Crippen molar-refractivity contribution in [3.05, 3.63) is 48.0 Å². The maximum Gasteiger partial charge on any atom is 0.251 e. The summed E-state index contributed by atoms with van der Waals surface area (Å²) in [5, 5.41) is 3.98. The highest BCUT2D eigenvalue weighted by Crippen LogP contribution is 2.31. The van der Waals surface area contributed by atoms with Crippen molar-refractivity contribution in [3.8, 4) is 5.75 Å². The molecule has 210 valence electrons. The van der Waals surface area contributed by atoms with Gasteiger partial charge >= 0.3 is 0 Å². The van der Waals surface area contributed by atoms with Crippen molar-refractivity contribution < 1.29 is 22.7 Å². The average Bonchev–Trinajstić information content (AvgIpc) is 3.36. The Morgan fingerprint density at radius 2 is 1.77 bits per heavy atom. The van der Waals surface area contributed by atoms with Crippen LogP contribution in [0.25, 0.3) is 10.2 Å². The molecule has 12 heteroatoms. The van der Waals surface area contributed by atoms with Crippen LogP contribution in [0.3, 0.4) is 0 Å². The van der Waals surface area contributed by atoms with Crippen molar-refractivity contribution >= 4 is 42.6 Å². The molecule has 3 aromatic rings. The zero-order valence-electron chi connectivity index (χ0n) is 22.5. The molecular formula is C27H35N5O5S2. The van der Waals surface area contributed by atoms with Gasteiger partial charge in [0.05, 0.1) is 34.4 Å². The van der Waals surface area contributed by atoms with Crippen molar-refractivity contribution in [3.63, 3.8) is 0 Å². The lowest BCUT2D eigenvalue weighted by atomic mass is 10.2. The number of carbonyl (C=O) groups excluding carboxylic acids is 1. The van der Waals surface area contributed by atoms with Gasteiger partial charge in [-0.3, -0.25) is 9.69 Å². The Morgan fingerprint density at radius 1 is 1.08 bits per heavy atom. The molecule has 1 amide bonds. The van der Waals surface area contributed by atoms with E-state index >= 15 is 0 Å². The summed E-state index contributed by atoms with van der Waals surface area (Å²) in [6, 6.07) is 12.1. The van der Waals surface area contributed by atoms with Gasteiger partial charge < -0.3 is 19.7 Å². The number of rotatable bonds is 8. The van der Waals surface area contributed by atoms with Crippen LogP contribution in [-0.2, 0) is 14.8 Å². The number of amides is 1. The zero-order valence-corrected chi connectivity index (χ0v) is 24.1.